The quantitative estimate of drug-likeness (QED) is 0.136. The Balaban J connectivity index is 2.17. The number of ether oxygens (including phenoxy) is 3. The van der Waals surface area contributed by atoms with Crippen LogP contribution in [-0.4, -0.2) is 47.6 Å². The average molecular weight is 604 g/mol. The molecule has 0 fully saturated rings. The zero-order chi connectivity index (χ0) is 32.8. The Hall–Kier alpha value is -3.68. The number of carbonyl (C=O) groups excluding carboxylic acids is 2. The Kier molecular flexibility index (Phi) is 11.8. The topological polar surface area (TPSA) is 108 Å². The SMILES string of the molecule is C=C(C1Oc2c(CC=C(C)C)c3c(c(O)c2C(=O)/C1=C/CC=O)C=CC(CCC=C(C)C)O3)C(C)(C)O[C@@H](C)/C=C(/C)CN. The van der Waals surface area contributed by atoms with Crippen LogP contribution in [0.4, 0.5) is 0 Å². The van der Waals surface area contributed by atoms with Crippen LogP contribution in [0.2, 0.25) is 0 Å². The summed E-state index contributed by atoms with van der Waals surface area (Å²) in [6.45, 7) is 20.5. The van der Waals surface area contributed by atoms with Crippen LogP contribution in [0, 0.1) is 0 Å². The number of benzene rings is 1. The number of ketones is 1. The van der Waals surface area contributed by atoms with Crippen molar-refractivity contribution in [2.24, 2.45) is 5.73 Å². The molecular weight excluding hydrogens is 554 g/mol. The molecule has 1 aromatic carbocycles. The van der Waals surface area contributed by atoms with Crippen LogP contribution in [-0.2, 0) is 16.0 Å². The third-order valence-electron chi connectivity index (χ3n) is 7.83. The number of hydrogen-bond acceptors (Lipinski definition) is 7. The maximum atomic E-state index is 14.2. The first kappa shape index (κ1) is 34.8. The Labute approximate surface area is 262 Å². The lowest BCUT2D eigenvalue weighted by atomic mass is 9.82. The van der Waals surface area contributed by atoms with Gasteiger partial charge in [-0.2, -0.15) is 0 Å². The standard InChI is InChI=1S/C37H49NO6/c1-22(2)12-10-13-27-16-18-29-33(41)31-32(40)28(14-11-19-39)34(26(7)37(8,9)44-25(6)20-24(5)21-38)43-36(31)30(35(29)42-27)17-15-23(3)4/h12,14-16,18-20,25,27,34,41H,7,10-11,13,17,21,38H2,1-6,8-9H3/b24-20-,28-14-/t25-,27?,34?/m0/s1. The molecular formula is C37H49NO6. The molecule has 238 valence electrons. The fourth-order valence-corrected chi connectivity index (χ4v) is 5.41. The first-order chi connectivity index (χ1) is 20.7. The van der Waals surface area contributed by atoms with E-state index in [1.165, 1.54) is 5.57 Å². The lowest BCUT2D eigenvalue weighted by molar-refractivity contribution is -0.107. The predicted octanol–water partition coefficient (Wildman–Crippen LogP) is 7.53. The van der Waals surface area contributed by atoms with Crippen molar-refractivity contribution in [2.45, 2.75) is 105 Å². The Bertz CT molecular complexity index is 1430. The molecule has 0 radical (unpaired) electrons. The van der Waals surface area contributed by atoms with Gasteiger partial charge in [0.05, 0.1) is 17.3 Å². The molecule has 7 heteroatoms. The van der Waals surface area contributed by atoms with Gasteiger partial charge in [0, 0.05) is 24.1 Å². The van der Waals surface area contributed by atoms with Crippen molar-refractivity contribution >= 4 is 18.1 Å². The third-order valence-corrected chi connectivity index (χ3v) is 7.83. The van der Waals surface area contributed by atoms with Gasteiger partial charge in [-0.05, 0) is 92.4 Å². The lowest BCUT2D eigenvalue weighted by Crippen LogP contribution is -2.42. The molecule has 0 aliphatic carbocycles. The second-order valence-electron chi connectivity index (χ2n) is 12.6. The number of aromatic hydroxyl groups is 1. The minimum atomic E-state index is -0.931. The molecule has 0 bridgehead atoms. The van der Waals surface area contributed by atoms with E-state index in [-0.39, 0.29) is 41.3 Å². The highest BCUT2D eigenvalue weighted by Crippen LogP contribution is 2.51. The zero-order valence-electron chi connectivity index (χ0n) is 27.6. The second-order valence-corrected chi connectivity index (χ2v) is 12.6. The summed E-state index contributed by atoms with van der Waals surface area (Å²) in [5.74, 6) is 0.152. The van der Waals surface area contributed by atoms with Gasteiger partial charge in [0.25, 0.3) is 0 Å². The smallest absolute Gasteiger partial charge is 0.200 e. The molecule has 2 unspecified atom stereocenters. The van der Waals surface area contributed by atoms with E-state index in [1.54, 1.807) is 6.08 Å². The number of rotatable bonds is 13. The molecule has 44 heavy (non-hydrogen) atoms. The van der Waals surface area contributed by atoms with E-state index in [0.717, 1.165) is 30.3 Å². The van der Waals surface area contributed by atoms with E-state index in [4.69, 9.17) is 19.9 Å². The molecule has 0 spiro atoms. The maximum Gasteiger partial charge on any atom is 0.200 e. The summed E-state index contributed by atoms with van der Waals surface area (Å²) in [6.07, 6.45) is 12.8. The molecule has 2 aliphatic rings. The van der Waals surface area contributed by atoms with E-state index < -0.39 is 17.5 Å². The zero-order valence-corrected chi connectivity index (χ0v) is 27.6. The molecule has 2 heterocycles. The van der Waals surface area contributed by atoms with Crippen molar-refractivity contribution < 1.29 is 28.9 Å². The molecule has 7 nitrogen and oxygen atoms in total. The second kappa shape index (κ2) is 14.9. The molecule has 2 aliphatic heterocycles. The van der Waals surface area contributed by atoms with Crippen LogP contribution in [0.15, 0.2) is 64.8 Å². The minimum absolute atomic E-state index is 0.00632. The Morgan fingerprint density at radius 3 is 2.43 bits per heavy atom. The van der Waals surface area contributed by atoms with Crippen LogP contribution in [0.25, 0.3) is 6.08 Å². The normalized spacial score (nSPS) is 19.3. The number of carbonyl (C=O) groups is 2. The molecule has 3 rings (SSSR count). The number of phenolic OH excluding ortho intramolecular Hbond substituents is 1. The van der Waals surface area contributed by atoms with Crippen LogP contribution >= 0.6 is 0 Å². The van der Waals surface area contributed by atoms with E-state index in [9.17, 15) is 14.7 Å². The Morgan fingerprint density at radius 2 is 1.82 bits per heavy atom. The number of Topliss-reactive ketones (excluding diaryl/α,β-unsaturated/α-hetero) is 1. The van der Waals surface area contributed by atoms with E-state index in [0.29, 0.717) is 35.4 Å². The summed E-state index contributed by atoms with van der Waals surface area (Å²) in [5, 5.41) is 11.5. The summed E-state index contributed by atoms with van der Waals surface area (Å²) in [4.78, 5) is 25.6. The highest BCUT2D eigenvalue weighted by Gasteiger charge is 2.43. The van der Waals surface area contributed by atoms with Crippen LogP contribution in [0.1, 0.15) is 96.1 Å². The van der Waals surface area contributed by atoms with Gasteiger partial charge in [-0.15, -0.1) is 0 Å². The minimum Gasteiger partial charge on any atom is -0.506 e. The number of phenols is 1. The van der Waals surface area contributed by atoms with Gasteiger partial charge in [0.15, 0.2) is 11.9 Å². The number of aldehydes is 1. The van der Waals surface area contributed by atoms with Gasteiger partial charge in [-0.25, -0.2) is 0 Å². The average Bonchev–Trinajstić information content (AvgIpc) is 2.94. The molecule has 0 saturated heterocycles. The third kappa shape index (κ3) is 8.07. The highest BCUT2D eigenvalue weighted by atomic mass is 16.5. The van der Waals surface area contributed by atoms with Crippen molar-refractivity contribution in [1.29, 1.82) is 0 Å². The van der Waals surface area contributed by atoms with Crippen molar-refractivity contribution in [1.82, 2.24) is 0 Å². The first-order valence-electron chi connectivity index (χ1n) is 15.3. The fourth-order valence-electron chi connectivity index (χ4n) is 5.41. The molecule has 3 atom stereocenters. The largest absolute Gasteiger partial charge is 0.506 e. The maximum absolute atomic E-state index is 14.2. The summed E-state index contributed by atoms with van der Waals surface area (Å²) < 4.78 is 19.5. The summed E-state index contributed by atoms with van der Waals surface area (Å²) in [6, 6.07) is 0. The molecule has 0 aromatic heterocycles. The number of fused-ring (bicyclic) bond motifs is 2. The van der Waals surface area contributed by atoms with Crippen molar-refractivity contribution in [3.8, 4) is 17.2 Å². The van der Waals surface area contributed by atoms with Gasteiger partial charge in [0.1, 0.15) is 35.2 Å². The van der Waals surface area contributed by atoms with Crippen LogP contribution in [0.5, 0.6) is 17.2 Å². The molecule has 0 saturated carbocycles. The monoisotopic (exact) mass is 603 g/mol. The number of nitrogens with two attached hydrogens (primary N) is 1. The van der Waals surface area contributed by atoms with Gasteiger partial charge in [0.2, 0.25) is 0 Å². The van der Waals surface area contributed by atoms with Crippen molar-refractivity contribution in [3.05, 3.63) is 81.5 Å². The van der Waals surface area contributed by atoms with Crippen LogP contribution < -0.4 is 15.2 Å². The number of hydrogen-bond donors (Lipinski definition) is 2. The fraction of sp³-hybridized carbons (Fsp3) is 0.459. The summed E-state index contributed by atoms with van der Waals surface area (Å²) >= 11 is 0. The Morgan fingerprint density at radius 1 is 1.14 bits per heavy atom. The van der Waals surface area contributed by atoms with E-state index in [1.807, 2.05) is 65.8 Å². The molecule has 0 amide bonds. The summed E-state index contributed by atoms with van der Waals surface area (Å²) in [5.41, 5.74) is 10.1. The van der Waals surface area contributed by atoms with E-state index >= 15 is 0 Å². The van der Waals surface area contributed by atoms with Crippen LogP contribution in [0.3, 0.4) is 0 Å². The molecule has 3 N–H and O–H groups in total. The first-order valence-corrected chi connectivity index (χ1v) is 15.3. The number of allylic oxidation sites excluding steroid dienone is 5. The predicted molar refractivity (Wildman–Crippen MR) is 177 cm³/mol. The lowest BCUT2D eigenvalue weighted by Gasteiger charge is -2.39. The van der Waals surface area contributed by atoms with Crippen molar-refractivity contribution in [2.75, 3.05) is 6.54 Å². The van der Waals surface area contributed by atoms with Crippen molar-refractivity contribution in [3.63, 3.8) is 0 Å². The van der Waals surface area contributed by atoms with Gasteiger partial charge in [-0.1, -0.05) is 47.6 Å². The van der Waals surface area contributed by atoms with Gasteiger partial charge >= 0.3 is 0 Å². The highest BCUT2D eigenvalue weighted by molar-refractivity contribution is 6.15. The van der Waals surface area contributed by atoms with Gasteiger partial charge in [-0.3, -0.25) is 4.79 Å². The summed E-state index contributed by atoms with van der Waals surface area (Å²) in [7, 11) is 0. The van der Waals surface area contributed by atoms with E-state index in [2.05, 4.69) is 26.5 Å². The molecule has 1 aromatic rings. The van der Waals surface area contributed by atoms with Gasteiger partial charge < -0.3 is 29.8 Å².